The summed E-state index contributed by atoms with van der Waals surface area (Å²) in [6.45, 7) is 1.12. The molecule has 0 saturated carbocycles. The zero-order valence-electron chi connectivity index (χ0n) is 11.3. The average molecular weight is 305 g/mol. The third-order valence-corrected chi connectivity index (χ3v) is 3.71. The van der Waals surface area contributed by atoms with Crippen LogP contribution in [0.5, 0.6) is 0 Å². The Hall–Kier alpha value is -2.13. The van der Waals surface area contributed by atoms with Gasteiger partial charge in [0.2, 0.25) is 4.96 Å². The molecule has 0 amide bonds. The summed E-state index contributed by atoms with van der Waals surface area (Å²) in [4.78, 5) is 16.8. The number of rotatable bonds is 6. The van der Waals surface area contributed by atoms with Crippen molar-refractivity contribution in [2.24, 2.45) is 5.73 Å². The van der Waals surface area contributed by atoms with Crippen molar-refractivity contribution in [2.45, 2.75) is 25.8 Å². The molecular weight excluding hydrogens is 290 g/mol. The van der Waals surface area contributed by atoms with E-state index in [1.165, 1.54) is 21.9 Å². The van der Waals surface area contributed by atoms with Gasteiger partial charge in [0.1, 0.15) is 5.51 Å². The van der Waals surface area contributed by atoms with Crippen LogP contribution in [0.3, 0.4) is 0 Å². The summed E-state index contributed by atoms with van der Waals surface area (Å²) in [5.74, 6) is 0. The molecule has 0 radical (unpaired) electrons. The molecule has 3 rings (SSSR count). The monoisotopic (exact) mass is 305 g/mol. The highest BCUT2D eigenvalue weighted by Crippen LogP contribution is 2.06. The van der Waals surface area contributed by atoms with E-state index in [-0.39, 0.29) is 5.56 Å². The van der Waals surface area contributed by atoms with Gasteiger partial charge in [0, 0.05) is 12.3 Å². The maximum atomic E-state index is 11.8. The summed E-state index contributed by atoms with van der Waals surface area (Å²) in [7, 11) is 0. The number of fused-ring (bicyclic) bond motifs is 1. The Kier molecular flexibility index (Phi) is 4.02. The Morgan fingerprint density at radius 2 is 2.19 bits per heavy atom. The Morgan fingerprint density at radius 1 is 1.29 bits per heavy atom. The molecule has 0 atom stereocenters. The molecule has 21 heavy (non-hydrogen) atoms. The smallest absolute Gasteiger partial charge is 0.275 e. The second kappa shape index (κ2) is 6.10. The molecule has 0 aliphatic rings. The predicted octanol–water partition coefficient (Wildman–Crippen LogP) is 0.0722. The molecule has 9 heteroatoms. The standard InChI is InChI=1S/C12H15N7OS/c13-4-2-1-3-9-6-18(17-16-9)7-10-5-11(20)19-12(15-10)21-8-14-19/h5-6,8H,1-4,7,13H2. The molecule has 3 aromatic heterocycles. The highest BCUT2D eigenvalue weighted by atomic mass is 32.1. The number of unbranched alkanes of at least 4 members (excludes halogenated alkanes) is 1. The molecule has 0 fully saturated rings. The lowest BCUT2D eigenvalue weighted by Gasteiger charge is -1.99. The van der Waals surface area contributed by atoms with Crippen LogP contribution >= 0.6 is 11.3 Å². The number of nitrogens with zero attached hydrogens (tertiary/aromatic N) is 6. The number of aryl methyl sites for hydroxylation is 1. The zero-order valence-corrected chi connectivity index (χ0v) is 12.2. The molecule has 3 aromatic rings. The van der Waals surface area contributed by atoms with Gasteiger partial charge in [0.05, 0.1) is 17.9 Å². The van der Waals surface area contributed by atoms with Crippen molar-refractivity contribution in [2.75, 3.05) is 6.54 Å². The molecule has 0 unspecified atom stereocenters. The normalized spacial score (nSPS) is 11.3. The SMILES string of the molecule is NCCCCc1cn(Cc2cc(=O)n3ncsc3n2)nn1. The fraction of sp³-hybridized carbons (Fsp3) is 0.417. The topological polar surface area (TPSA) is 104 Å². The van der Waals surface area contributed by atoms with E-state index < -0.39 is 0 Å². The average Bonchev–Trinajstić information content (AvgIpc) is 3.09. The maximum Gasteiger partial charge on any atom is 0.275 e. The third-order valence-electron chi connectivity index (χ3n) is 3.04. The first-order valence-electron chi connectivity index (χ1n) is 6.68. The highest BCUT2D eigenvalue weighted by molar-refractivity contribution is 7.14. The molecule has 0 spiro atoms. The Labute approximate surface area is 124 Å². The zero-order chi connectivity index (χ0) is 14.7. The van der Waals surface area contributed by atoms with Crippen LogP contribution < -0.4 is 11.3 Å². The Bertz CT molecular complexity index is 790. The molecule has 0 saturated heterocycles. The lowest BCUT2D eigenvalue weighted by molar-refractivity contribution is 0.636. The molecule has 2 N–H and O–H groups in total. The van der Waals surface area contributed by atoms with Gasteiger partial charge in [-0.3, -0.25) is 4.79 Å². The van der Waals surface area contributed by atoms with Gasteiger partial charge in [-0.05, 0) is 25.8 Å². The van der Waals surface area contributed by atoms with E-state index in [1.807, 2.05) is 6.20 Å². The van der Waals surface area contributed by atoms with E-state index in [2.05, 4.69) is 20.4 Å². The van der Waals surface area contributed by atoms with Crippen LogP contribution in [0.1, 0.15) is 24.2 Å². The first-order valence-corrected chi connectivity index (χ1v) is 7.56. The van der Waals surface area contributed by atoms with Crippen molar-refractivity contribution in [1.82, 2.24) is 29.6 Å². The van der Waals surface area contributed by atoms with Crippen LogP contribution in [-0.2, 0) is 13.0 Å². The highest BCUT2D eigenvalue weighted by Gasteiger charge is 2.07. The van der Waals surface area contributed by atoms with Crippen molar-refractivity contribution in [3.05, 3.63) is 39.5 Å². The molecule has 0 bridgehead atoms. The number of hydrogen-bond acceptors (Lipinski definition) is 7. The lowest BCUT2D eigenvalue weighted by Crippen LogP contribution is -2.16. The summed E-state index contributed by atoms with van der Waals surface area (Å²) in [6.07, 6.45) is 4.72. The number of hydrogen-bond donors (Lipinski definition) is 1. The molecule has 0 aromatic carbocycles. The Balaban J connectivity index is 1.74. The van der Waals surface area contributed by atoms with Gasteiger partial charge < -0.3 is 5.73 Å². The van der Waals surface area contributed by atoms with Crippen molar-refractivity contribution >= 4 is 16.3 Å². The molecule has 0 aliphatic carbocycles. The van der Waals surface area contributed by atoms with Crippen molar-refractivity contribution in [3.63, 3.8) is 0 Å². The largest absolute Gasteiger partial charge is 0.330 e. The van der Waals surface area contributed by atoms with Gasteiger partial charge in [-0.25, -0.2) is 9.67 Å². The van der Waals surface area contributed by atoms with Gasteiger partial charge >= 0.3 is 0 Å². The minimum absolute atomic E-state index is 0.181. The predicted molar refractivity (Wildman–Crippen MR) is 78.3 cm³/mol. The van der Waals surface area contributed by atoms with Crippen molar-refractivity contribution in [1.29, 1.82) is 0 Å². The Morgan fingerprint density at radius 3 is 3.05 bits per heavy atom. The second-order valence-electron chi connectivity index (χ2n) is 4.67. The van der Waals surface area contributed by atoms with Crippen molar-refractivity contribution < 1.29 is 0 Å². The second-order valence-corrected chi connectivity index (χ2v) is 5.48. The third kappa shape index (κ3) is 3.14. The van der Waals surface area contributed by atoms with E-state index in [9.17, 15) is 4.79 Å². The van der Waals surface area contributed by atoms with Crippen LogP contribution in [0.2, 0.25) is 0 Å². The van der Waals surface area contributed by atoms with E-state index >= 15 is 0 Å². The van der Waals surface area contributed by atoms with Gasteiger partial charge in [0.25, 0.3) is 5.56 Å². The summed E-state index contributed by atoms with van der Waals surface area (Å²) in [6, 6.07) is 1.47. The molecule has 110 valence electrons. The summed E-state index contributed by atoms with van der Waals surface area (Å²) < 4.78 is 2.98. The van der Waals surface area contributed by atoms with Gasteiger partial charge in [-0.1, -0.05) is 16.6 Å². The first-order chi connectivity index (χ1) is 10.3. The summed E-state index contributed by atoms with van der Waals surface area (Å²) >= 11 is 1.33. The molecule has 8 nitrogen and oxygen atoms in total. The lowest BCUT2D eigenvalue weighted by atomic mass is 10.2. The molecule has 3 heterocycles. The van der Waals surface area contributed by atoms with Gasteiger partial charge in [0.15, 0.2) is 0 Å². The molecule has 0 aliphatic heterocycles. The summed E-state index contributed by atoms with van der Waals surface area (Å²) in [5.41, 5.74) is 8.47. The van der Waals surface area contributed by atoms with Crippen LogP contribution in [0, 0.1) is 0 Å². The minimum atomic E-state index is -0.181. The van der Waals surface area contributed by atoms with Crippen molar-refractivity contribution in [3.8, 4) is 0 Å². The summed E-state index contributed by atoms with van der Waals surface area (Å²) in [5, 5.41) is 12.1. The van der Waals surface area contributed by atoms with E-state index in [4.69, 9.17) is 5.73 Å². The van der Waals surface area contributed by atoms with Crippen LogP contribution in [0.4, 0.5) is 0 Å². The van der Waals surface area contributed by atoms with E-state index in [1.54, 1.807) is 10.2 Å². The fourth-order valence-electron chi connectivity index (χ4n) is 2.03. The molecular formula is C12H15N7OS. The van der Waals surface area contributed by atoms with Gasteiger partial charge in [-0.15, -0.1) is 5.10 Å². The fourth-order valence-corrected chi connectivity index (χ4v) is 2.67. The van der Waals surface area contributed by atoms with Crippen LogP contribution in [0.15, 0.2) is 22.6 Å². The number of aromatic nitrogens is 6. The maximum absolute atomic E-state index is 11.8. The first kappa shape index (κ1) is 13.8. The van der Waals surface area contributed by atoms with Gasteiger partial charge in [-0.2, -0.15) is 9.61 Å². The van der Waals surface area contributed by atoms with Crippen LogP contribution in [0.25, 0.3) is 4.96 Å². The minimum Gasteiger partial charge on any atom is -0.330 e. The van der Waals surface area contributed by atoms with E-state index in [0.717, 1.165) is 25.0 Å². The number of nitrogens with two attached hydrogens (primary N) is 1. The van der Waals surface area contributed by atoms with E-state index in [0.29, 0.717) is 23.7 Å². The quantitative estimate of drug-likeness (QED) is 0.646. The van der Waals surface area contributed by atoms with Crippen LogP contribution in [-0.4, -0.2) is 36.1 Å².